The van der Waals surface area contributed by atoms with Gasteiger partial charge in [-0.2, -0.15) is 0 Å². The fourth-order valence-electron chi connectivity index (χ4n) is 1.84. The number of nitrogens with one attached hydrogen (secondary N) is 1. The van der Waals surface area contributed by atoms with E-state index in [1.165, 1.54) is 6.07 Å². The molecule has 1 N–H and O–H groups in total. The molecule has 21 heavy (non-hydrogen) atoms. The van der Waals surface area contributed by atoms with Gasteiger partial charge in [0.1, 0.15) is 5.82 Å². The van der Waals surface area contributed by atoms with Crippen molar-refractivity contribution < 1.29 is 18.1 Å². The normalized spacial score (nSPS) is 12.0. The topological polar surface area (TPSA) is 55.2 Å². The van der Waals surface area contributed by atoms with Crippen LogP contribution < -0.4 is 5.32 Å². The maximum absolute atomic E-state index is 13.6. The Hall–Kier alpha value is -2.57. The van der Waals surface area contributed by atoms with Crippen molar-refractivity contribution in [3.05, 3.63) is 69.5 Å². The van der Waals surface area contributed by atoms with E-state index < -0.39 is 28.4 Å². The Kier molecular flexibility index (Phi) is 4.11. The van der Waals surface area contributed by atoms with Gasteiger partial charge in [-0.05, 0) is 30.7 Å². The second-order valence-electron chi connectivity index (χ2n) is 4.46. The summed E-state index contributed by atoms with van der Waals surface area (Å²) < 4.78 is 39.7. The van der Waals surface area contributed by atoms with Gasteiger partial charge in [0.15, 0.2) is 11.6 Å². The number of hydrogen-bond donors (Lipinski definition) is 1. The standard InChI is InChI=1S/C14H11F3N2O2/c1-8(9-2-4-11(15)13(17)6-9)18-14-7-10(19(20)21)3-5-12(14)16/h2-8,18H,1H3. The van der Waals surface area contributed by atoms with E-state index in [1.54, 1.807) is 6.92 Å². The van der Waals surface area contributed by atoms with Crippen molar-refractivity contribution in [3.63, 3.8) is 0 Å². The lowest BCUT2D eigenvalue weighted by molar-refractivity contribution is -0.384. The molecule has 0 aliphatic heterocycles. The van der Waals surface area contributed by atoms with Crippen LogP contribution in [0.5, 0.6) is 0 Å². The predicted molar refractivity (Wildman–Crippen MR) is 71.5 cm³/mol. The summed E-state index contributed by atoms with van der Waals surface area (Å²) in [5, 5.41) is 13.4. The lowest BCUT2D eigenvalue weighted by atomic mass is 10.1. The maximum Gasteiger partial charge on any atom is 0.271 e. The van der Waals surface area contributed by atoms with Crippen LogP contribution in [0.3, 0.4) is 0 Å². The highest BCUT2D eigenvalue weighted by Gasteiger charge is 2.14. The molecule has 1 unspecified atom stereocenters. The van der Waals surface area contributed by atoms with Crippen molar-refractivity contribution in [2.24, 2.45) is 0 Å². The lowest BCUT2D eigenvalue weighted by Crippen LogP contribution is -2.09. The van der Waals surface area contributed by atoms with Crippen LogP contribution in [0.25, 0.3) is 0 Å². The van der Waals surface area contributed by atoms with Crippen LogP contribution in [0, 0.1) is 27.6 Å². The second kappa shape index (κ2) is 5.82. The summed E-state index contributed by atoms with van der Waals surface area (Å²) in [5.74, 6) is -2.66. The highest BCUT2D eigenvalue weighted by atomic mass is 19.2. The largest absolute Gasteiger partial charge is 0.376 e. The minimum Gasteiger partial charge on any atom is -0.376 e. The van der Waals surface area contributed by atoms with Gasteiger partial charge in [0.25, 0.3) is 5.69 Å². The van der Waals surface area contributed by atoms with Gasteiger partial charge in [-0.1, -0.05) is 6.07 Å². The van der Waals surface area contributed by atoms with Gasteiger partial charge in [0.2, 0.25) is 0 Å². The number of benzene rings is 2. The number of nitro groups is 1. The number of nitrogens with zero attached hydrogens (tertiary/aromatic N) is 1. The first-order valence-corrected chi connectivity index (χ1v) is 6.04. The van der Waals surface area contributed by atoms with E-state index in [2.05, 4.69) is 5.32 Å². The third kappa shape index (κ3) is 3.31. The molecule has 0 saturated heterocycles. The molecule has 7 heteroatoms. The molecule has 0 aromatic heterocycles. The van der Waals surface area contributed by atoms with Crippen LogP contribution in [0.1, 0.15) is 18.5 Å². The van der Waals surface area contributed by atoms with E-state index in [1.807, 2.05) is 0 Å². The molecule has 0 spiro atoms. The van der Waals surface area contributed by atoms with Gasteiger partial charge < -0.3 is 5.32 Å². The molecule has 0 radical (unpaired) electrons. The van der Waals surface area contributed by atoms with Crippen LogP contribution >= 0.6 is 0 Å². The van der Waals surface area contributed by atoms with E-state index in [9.17, 15) is 23.3 Å². The quantitative estimate of drug-likeness (QED) is 0.680. The summed E-state index contributed by atoms with van der Waals surface area (Å²) in [5.41, 5.74) is 0.0395. The predicted octanol–water partition coefficient (Wildman–Crippen LogP) is 4.19. The molecule has 0 aliphatic rings. The highest BCUT2D eigenvalue weighted by Crippen LogP contribution is 2.26. The molecule has 4 nitrogen and oxygen atoms in total. The summed E-state index contributed by atoms with van der Waals surface area (Å²) in [4.78, 5) is 10.0. The molecular weight excluding hydrogens is 285 g/mol. The van der Waals surface area contributed by atoms with Crippen LogP contribution in [-0.2, 0) is 0 Å². The summed E-state index contributed by atoms with van der Waals surface area (Å²) in [6, 6.07) is 5.81. The maximum atomic E-state index is 13.6. The summed E-state index contributed by atoms with van der Waals surface area (Å²) in [7, 11) is 0. The summed E-state index contributed by atoms with van der Waals surface area (Å²) in [6.07, 6.45) is 0. The Morgan fingerprint density at radius 1 is 1.05 bits per heavy atom. The molecule has 2 aromatic rings. The molecule has 110 valence electrons. The molecule has 0 aliphatic carbocycles. The van der Waals surface area contributed by atoms with E-state index in [0.717, 1.165) is 30.3 Å². The van der Waals surface area contributed by atoms with Crippen LogP contribution in [0.2, 0.25) is 0 Å². The summed E-state index contributed by atoms with van der Waals surface area (Å²) >= 11 is 0. The van der Waals surface area contributed by atoms with Crippen LogP contribution in [-0.4, -0.2) is 4.92 Å². The van der Waals surface area contributed by atoms with Gasteiger partial charge in [-0.25, -0.2) is 13.2 Å². The molecule has 0 fully saturated rings. The third-order valence-corrected chi connectivity index (χ3v) is 2.98. The number of halogens is 3. The SMILES string of the molecule is CC(Nc1cc([N+](=O)[O-])ccc1F)c1ccc(F)c(F)c1. The zero-order valence-corrected chi connectivity index (χ0v) is 10.9. The van der Waals surface area contributed by atoms with Crippen LogP contribution in [0.4, 0.5) is 24.5 Å². The fraction of sp³-hybridized carbons (Fsp3) is 0.143. The molecular formula is C14H11F3N2O2. The zero-order valence-electron chi connectivity index (χ0n) is 10.9. The first-order chi connectivity index (χ1) is 9.88. The Labute approximate surface area is 118 Å². The number of non-ortho nitro benzene ring substituents is 1. The zero-order chi connectivity index (χ0) is 15.6. The second-order valence-corrected chi connectivity index (χ2v) is 4.46. The smallest absolute Gasteiger partial charge is 0.271 e. The van der Waals surface area contributed by atoms with Gasteiger partial charge in [-0.15, -0.1) is 0 Å². The summed E-state index contributed by atoms with van der Waals surface area (Å²) in [6.45, 7) is 1.60. The molecule has 0 saturated carbocycles. The van der Waals surface area contributed by atoms with Gasteiger partial charge in [-0.3, -0.25) is 10.1 Å². The molecule has 0 bridgehead atoms. The van der Waals surface area contributed by atoms with Crippen LogP contribution in [0.15, 0.2) is 36.4 Å². The minimum atomic E-state index is -1.01. The number of rotatable bonds is 4. The molecule has 2 aromatic carbocycles. The van der Waals surface area contributed by atoms with E-state index in [0.29, 0.717) is 5.56 Å². The fourth-order valence-corrected chi connectivity index (χ4v) is 1.84. The van der Waals surface area contributed by atoms with E-state index in [4.69, 9.17) is 0 Å². The van der Waals surface area contributed by atoms with Crippen molar-refractivity contribution >= 4 is 11.4 Å². The monoisotopic (exact) mass is 296 g/mol. The highest BCUT2D eigenvalue weighted by molar-refractivity contribution is 5.53. The van der Waals surface area contributed by atoms with Crippen molar-refractivity contribution in [3.8, 4) is 0 Å². The van der Waals surface area contributed by atoms with Crippen molar-refractivity contribution in [2.45, 2.75) is 13.0 Å². The Bertz CT molecular complexity index is 692. The molecule has 1 atom stereocenters. The van der Waals surface area contributed by atoms with Gasteiger partial charge in [0, 0.05) is 18.2 Å². The number of hydrogen-bond acceptors (Lipinski definition) is 3. The Morgan fingerprint density at radius 2 is 1.71 bits per heavy atom. The minimum absolute atomic E-state index is 0.0820. The first-order valence-electron chi connectivity index (χ1n) is 6.04. The van der Waals surface area contributed by atoms with Gasteiger partial charge in [0.05, 0.1) is 10.6 Å². The Balaban J connectivity index is 2.26. The number of nitro benzene ring substituents is 1. The third-order valence-electron chi connectivity index (χ3n) is 2.98. The number of anilines is 1. The van der Waals surface area contributed by atoms with E-state index in [-0.39, 0.29) is 11.4 Å². The van der Waals surface area contributed by atoms with Crippen molar-refractivity contribution in [1.82, 2.24) is 0 Å². The molecule has 2 rings (SSSR count). The first kappa shape index (κ1) is 14.8. The lowest BCUT2D eigenvalue weighted by Gasteiger charge is -2.16. The van der Waals surface area contributed by atoms with Crippen molar-refractivity contribution in [2.75, 3.05) is 5.32 Å². The molecule has 0 heterocycles. The Morgan fingerprint density at radius 3 is 2.33 bits per heavy atom. The van der Waals surface area contributed by atoms with E-state index >= 15 is 0 Å². The van der Waals surface area contributed by atoms with Crippen molar-refractivity contribution in [1.29, 1.82) is 0 Å². The van der Waals surface area contributed by atoms with Gasteiger partial charge >= 0.3 is 0 Å². The average molecular weight is 296 g/mol. The average Bonchev–Trinajstić information content (AvgIpc) is 2.43. The molecule has 0 amide bonds.